The number of para-hydroxylation sites is 1. The van der Waals surface area contributed by atoms with Gasteiger partial charge in [-0.1, -0.05) is 36.4 Å². The maximum absolute atomic E-state index is 11.8. The molecule has 3 rings (SSSR count). The summed E-state index contributed by atoms with van der Waals surface area (Å²) < 4.78 is 10.5. The van der Waals surface area contributed by atoms with Crippen LogP contribution >= 0.6 is 0 Å². The molecule has 0 bridgehead atoms. The highest BCUT2D eigenvalue weighted by molar-refractivity contribution is 5.90. The Morgan fingerprint density at radius 1 is 1.24 bits per heavy atom. The predicted molar refractivity (Wildman–Crippen MR) is 93.8 cm³/mol. The molecular weight excluding hydrogens is 322 g/mol. The second-order valence-corrected chi connectivity index (χ2v) is 5.53. The molecule has 0 aromatic heterocycles. The SMILES string of the molecule is COc1ccc(/C=C/c2cccc3c2OC(=O)CN3CC(=O)O)cc1. The number of hydrogen-bond donors (Lipinski definition) is 1. The van der Waals surface area contributed by atoms with Crippen LogP contribution < -0.4 is 14.4 Å². The molecule has 0 atom stereocenters. The third-order valence-corrected chi connectivity index (χ3v) is 3.80. The van der Waals surface area contributed by atoms with Gasteiger partial charge in [0, 0.05) is 5.56 Å². The zero-order valence-corrected chi connectivity index (χ0v) is 13.6. The number of nitrogens with zero attached hydrogens (tertiary/aromatic N) is 1. The molecule has 6 nitrogen and oxygen atoms in total. The van der Waals surface area contributed by atoms with Gasteiger partial charge < -0.3 is 19.5 Å². The van der Waals surface area contributed by atoms with Crippen molar-refractivity contribution in [1.29, 1.82) is 0 Å². The van der Waals surface area contributed by atoms with E-state index in [1.54, 1.807) is 19.2 Å². The minimum atomic E-state index is -1.00. The highest BCUT2D eigenvalue weighted by Crippen LogP contribution is 2.36. The molecule has 1 aliphatic rings. The lowest BCUT2D eigenvalue weighted by Crippen LogP contribution is -2.40. The summed E-state index contributed by atoms with van der Waals surface area (Å²) in [7, 11) is 1.61. The molecule has 0 amide bonds. The van der Waals surface area contributed by atoms with E-state index in [1.165, 1.54) is 4.90 Å². The quantitative estimate of drug-likeness (QED) is 0.513. The van der Waals surface area contributed by atoms with E-state index in [2.05, 4.69) is 0 Å². The van der Waals surface area contributed by atoms with Gasteiger partial charge in [-0.3, -0.25) is 4.79 Å². The first-order valence-electron chi connectivity index (χ1n) is 7.69. The van der Waals surface area contributed by atoms with E-state index in [4.69, 9.17) is 14.6 Å². The Morgan fingerprint density at radius 3 is 2.68 bits per heavy atom. The normalized spacial score (nSPS) is 13.5. The number of methoxy groups -OCH3 is 1. The topological polar surface area (TPSA) is 76.1 Å². The highest BCUT2D eigenvalue weighted by atomic mass is 16.5. The average Bonchev–Trinajstić information content (AvgIpc) is 2.60. The summed E-state index contributed by atoms with van der Waals surface area (Å²) in [5, 5.41) is 9.02. The van der Waals surface area contributed by atoms with E-state index in [-0.39, 0.29) is 13.1 Å². The number of carbonyl (C=O) groups is 2. The van der Waals surface area contributed by atoms with Crippen LogP contribution in [0, 0.1) is 0 Å². The highest BCUT2D eigenvalue weighted by Gasteiger charge is 2.26. The maximum Gasteiger partial charge on any atom is 0.331 e. The van der Waals surface area contributed by atoms with Gasteiger partial charge in [0.05, 0.1) is 12.8 Å². The molecule has 2 aromatic carbocycles. The largest absolute Gasteiger partial charge is 0.497 e. The lowest BCUT2D eigenvalue weighted by molar-refractivity contribution is -0.136. The number of anilines is 1. The van der Waals surface area contributed by atoms with Crippen molar-refractivity contribution in [3.63, 3.8) is 0 Å². The monoisotopic (exact) mass is 339 g/mol. The summed E-state index contributed by atoms with van der Waals surface area (Å²) in [6.07, 6.45) is 3.72. The fraction of sp³-hybridized carbons (Fsp3) is 0.158. The number of carbonyl (C=O) groups excluding carboxylic acids is 1. The van der Waals surface area contributed by atoms with E-state index < -0.39 is 11.9 Å². The van der Waals surface area contributed by atoms with E-state index in [0.717, 1.165) is 11.3 Å². The van der Waals surface area contributed by atoms with E-state index in [1.807, 2.05) is 42.5 Å². The lowest BCUT2D eigenvalue weighted by Gasteiger charge is -2.29. The van der Waals surface area contributed by atoms with Crippen molar-refractivity contribution < 1.29 is 24.2 Å². The second kappa shape index (κ2) is 7.09. The summed E-state index contributed by atoms with van der Waals surface area (Å²) in [5.41, 5.74) is 2.26. The Labute approximate surface area is 144 Å². The standard InChI is InChI=1S/C19H17NO5/c1-24-15-9-6-13(7-10-15)5-8-14-3-2-4-16-19(14)25-18(23)12-20(16)11-17(21)22/h2-10H,11-12H2,1H3,(H,21,22)/b8-5+. The fourth-order valence-electron chi connectivity index (χ4n) is 2.63. The molecule has 1 aliphatic heterocycles. The summed E-state index contributed by atoms with van der Waals surface area (Å²) >= 11 is 0. The van der Waals surface area contributed by atoms with E-state index in [9.17, 15) is 9.59 Å². The van der Waals surface area contributed by atoms with Gasteiger partial charge in [-0.25, -0.2) is 4.79 Å². The number of benzene rings is 2. The van der Waals surface area contributed by atoms with Crippen molar-refractivity contribution in [2.24, 2.45) is 0 Å². The third kappa shape index (κ3) is 3.80. The van der Waals surface area contributed by atoms with Crippen molar-refractivity contribution in [1.82, 2.24) is 0 Å². The molecule has 1 heterocycles. The summed E-state index contributed by atoms with van der Waals surface area (Å²) in [6, 6.07) is 12.9. The van der Waals surface area contributed by atoms with Gasteiger partial charge in [0.25, 0.3) is 0 Å². The Balaban J connectivity index is 1.91. The third-order valence-electron chi connectivity index (χ3n) is 3.80. The molecule has 0 saturated carbocycles. The van der Waals surface area contributed by atoms with Crippen LogP contribution in [0.2, 0.25) is 0 Å². The van der Waals surface area contributed by atoms with Crippen molar-refractivity contribution in [3.05, 3.63) is 53.6 Å². The maximum atomic E-state index is 11.8. The molecule has 6 heteroatoms. The minimum absolute atomic E-state index is 0.0784. The summed E-state index contributed by atoms with van der Waals surface area (Å²) in [5.74, 6) is -0.323. The number of rotatable bonds is 5. The number of fused-ring (bicyclic) bond motifs is 1. The van der Waals surface area contributed by atoms with E-state index in [0.29, 0.717) is 17.0 Å². The summed E-state index contributed by atoms with van der Waals surface area (Å²) in [4.78, 5) is 24.3. The molecule has 0 spiro atoms. The van der Waals surface area contributed by atoms with Crippen LogP contribution in [-0.4, -0.2) is 37.2 Å². The van der Waals surface area contributed by atoms with Crippen LogP contribution in [0.4, 0.5) is 5.69 Å². The van der Waals surface area contributed by atoms with Crippen LogP contribution in [0.3, 0.4) is 0 Å². The Morgan fingerprint density at radius 2 is 2.00 bits per heavy atom. The molecule has 2 aromatic rings. The van der Waals surface area contributed by atoms with Crippen LogP contribution in [0.15, 0.2) is 42.5 Å². The number of carboxylic acid groups (broad SMARTS) is 1. The number of hydrogen-bond acceptors (Lipinski definition) is 5. The van der Waals surface area contributed by atoms with Gasteiger partial charge in [-0.05, 0) is 23.8 Å². The van der Waals surface area contributed by atoms with Crippen molar-refractivity contribution in [2.45, 2.75) is 0 Å². The minimum Gasteiger partial charge on any atom is -0.497 e. The van der Waals surface area contributed by atoms with Crippen LogP contribution in [0.5, 0.6) is 11.5 Å². The lowest BCUT2D eigenvalue weighted by atomic mass is 10.1. The Bertz CT molecular complexity index is 826. The van der Waals surface area contributed by atoms with Gasteiger partial charge in [-0.15, -0.1) is 0 Å². The molecule has 0 fully saturated rings. The number of aliphatic carboxylic acids is 1. The second-order valence-electron chi connectivity index (χ2n) is 5.53. The number of ether oxygens (including phenoxy) is 2. The van der Waals surface area contributed by atoms with Crippen LogP contribution in [0.25, 0.3) is 12.2 Å². The molecule has 128 valence electrons. The molecule has 0 aliphatic carbocycles. The van der Waals surface area contributed by atoms with Gasteiger partial charge in [0.15, 0.2) is 5.75 Å². The average molecular weight is 339 g/mol. The molecule has 0 saturated heterocycles. The molecular formula is C19H17NO5. The Kier molecular flexibility index (Phi) is 4.70. The smallest absolute Gasteiger partial charge is 0.331 e. The summed E-state index contributed by atoms with van der Waals surface area (Å²) in [6.45, 7) is -0.335. The zero-order chi connectivity index (χ0) is 17.8. The molecule has 25 heavy (non-hydrogen) atoms. The van der Waals surface area contributed by atoms with Gasteiger partial charge in [0.1, 0.15) is 18.8 Å². The van der Waals surface area contributed by atoms with Crippen LogP contribution in [-0.2, 0) is 9.59 Å². The molecule has 0 unspecified atom stereocenters. The van der Waals surface area contributed by atoms with Crippen LogP contribution in [0.1, 0.15) is 11.1 Å². The van der Waals surface area contributed by atoms with Crippen molar-refractivity contribution in [3.8, 4) is 11.5 Å². The predicted octanol–water partition coefficient (Wildman–Crippen LogP) is 2.68. The van der Waals surface area contributed by atoms with Gasteiger partial charge in [-0.2, -0.15) is 0 Å². The number of esters is 1. The Hall–Kier alpha value is -3.28. The first-order valence-corrected chi connectivity index (χ1v) is 7.69. The number of carboxylic acids is 1. The first kappa shape index (κ1) is 16.6. The molecule has 0 radical (unpaired) electrons. The van der Waals surface area contributed by atoms with Gasteiger partial charge in [0.2, 0.25) is 0 Å². The van der Waals surface area contributed by atoms with Crippen molar-refractivity contribution >= 4 is 29.8 Å². The zero-order valence-electron chi connectivity index (χ0n) is 13.6. The van der Waals surface area contributed by atoms with E-state index >= 15 is 0 Å². The van der Waals surface area contributed by atoms with Gasteiger partial charge >= 0.3 is 11.9 Å². The first-order chi connectivity index (χ1) is 12.1. The fourth-order valence-corrected chi connectivity index (χ4v) is 2.63. The molecule has 1 N–H and O–H groups in total. The van der Waals surface area contributed by atoms with Crippen molar-refractivity contribution in [2.75, 3.05) is 25.1 Å².